The molecule has 2 aliphatic heterocycles. The van der Waals surface area contributed by atoms with E-state index in [1.54, 1.807) is 11.0 Å². The molecule has 1 aromatic heterocycles. The van der Waals surface area contributed by atoms with Gasteiger partial charge in [0.05, 0.1) is 25.3 Å². The highest BCUT2D eigenvalue weighted by molar-refractivity contribution is 5.96. The fourth-order valence-corrected chi connectivity index (χ4v) is 3.79. The molecule has 3 heterocycles. The monoisotopic (exact) mass is 341 g/mol. The molecule has 0 radical (unpaired) electrons. The highest BCUT2D eigenvalue weighted by Gasteiger charge is 2.38. The Labute approximate surface area is 147 Å². The lowest BCUT2D eigenvalue weighted by molar-refractivity contribution is -0.0870. The van der Waals surface area contributed by atoms with Crippen LogP contribution in [0.2, 0.25) is 0 Å². The van der Waals surface area contributed by atoms with Gasteiger partial charge in [-0.1, -0.05) is 18.2 Å². The Kier molecular flexibility index (Phi) is 4.50. The first-order valence-corrected chi connectivity index (χ1v) is 8.74. The van der Waals surface area contributed by atoms with E-state index >= 15 is 0 Å². The van der Waals surface area contributed by atoms with Gasteiger partial charge in [-0.05, 0) is 25.1 Å². The van der Waals surface area contributed by atoms with E-state index in [0.29, 0.717) is 19.7 Å². The largest absolute Gasteiger partial charge is 0.374 e. The van der Waals surface area contributed by atoms with Crippen LogP contribution < -0.4 is 0 Å². The Hall–Kier alpha value is -2.25. The fraction of sp³-hybridized carbons (Fsp3) is 0.500. The summed E-state index contributed by atoms with van der Waals surface area (Å²) < 4.78 is 7.66. The lowest BCUT2D eigenvalue weighted by Crippen LogP contribution is -2.60. The molecule has 1 aromatic carbocycles. The van der Waals surface area contributed by atoms with Gasteiger partial charge in [0.1, 0.15) is 12.7 Å². The molecule has 0 saturated carbocycles. The van der Waals surface area contributed by atoms with Crippen LogP contribution in [0, 0.1) is 0 Å². The third kappa shape index (κ3) is 3.29. The van der Waals surface area contributed by atoms with Gasteiger partial charge in [0, 0.05) is 25.2 Å². The van der Waals surface area contributed by atoms with Crippen molar-refractivity contribution in [2.75, 3.05) is 33.3 Å². The van der Waals surface area contributed by atoms with Crippen molar-refractivity contribution in [3.63, 3.8) is 0 Å². The van der Waals surface area contributed by atoms with Crippen molar-refractivity contribution >= 4 is 5.91 Å². The number of hydrogen-bond acceptors (Lipinski definition) is 5. The molecule has 1 amide bonds. The number of fused-ring (bicyclic) bond motifs is 1. The average Bonchev–Trinajstić information content (AvgIpc) is 3.14. The molecule has 25 heavy (non-hydrogen) atoms. The molecule has 7 nitrogen and oxygen atoms in total. The second-order valence-electron chi connectivity index (χ2n) is 6.78. The van der Waals surface area contributed by atoms with Crippen molar-refractivity contribution in [3.05, 3.63) is 48.0 Å². The second kappa shape index (κ2) is 6.93. The molecule has 2 aromatic rings. The first-order valence-electron chi connectivity index (χ1n) is 8.74. The number of likely N-dealkylation sites (tertiary alicyclic amines) is 1. The van der Waals surface area contributed by atoms with Crippen LogP contribution in [0.3, 0.4) is 0 Å². The number of piperidine rings is 1. The number of benzene rings is 1. The van der Waals surface area contributed by atoms with Crippen LogP contribution in [0.1, 0.15) is 22.3 Å². The minimum atomic E-state index is 0.0873. The van der Waals surface area contributed by atoms with Crippen LogP contribution >= 0.6 is 0 Å². The smallest absolute Gasteiger partial charge is 0.254 e. The minimum absolute atomic E-state index is 0.0873. The highest BCUT2D eigenvalue weighted by atomic mass is 16.5. The lowest BCUT2D eigenvalue weighted by atomic mass is 9.97. The first-order chi connectivity index (χ1) is 12.2. The topological polar surface area (TPSA) is 63.5 Å². The molecule has 7 heteroatoms. The normalized spacial score (nSPS) is 24.1. The van der Waals surface area contributed by atoms with Crippen molar-refractivity contribution in [1.29, 1.82) is 0 Å². The van der Waals surface area contributed by atoms with E-state index in [0.717, 1.165) is 30.6 Å². The predicted molar refractivity (Wildman–Crippen MR) is 92.2 cm³/mol. The number of aromatic nitrogens is 3. The van der Waals surface area contributed by atoms with Crippen molar-refractivity contribution in [3.8, 4) is 0 Å². The summed E-state index contributed by atoms with van der Waals surface area (Å²) in [5.41, 5.74) is 1.71. The molecule has 2 aliphatic rings. The summed E-state index contributed by atoms with van der Waals surface area (Å²) in [7, 11) is 2.10. The lowest BCUT2D eigenvalue weighted by Gasteiger charge is -2.46. The number of nitrogens with zero attached hydrogens (tertiary/aromatic N) is 5. The summed E-state index contributed by atoms with van der Waals surface area (Å²) in [5, 5.41) is 4.15. The highest BCUT2D eigenvalue weighted by Crippen LogP contribution is 2.25. The van der Waals surface area contributed by atoms with Crippen LogP contribution in [0.4, 0.5) is 0 Å². The van der Waals surface area contributed by atoms with Gasteiger partial charge in [-0.2, -0.15) is 5.10 Å². The van der Waals surface area contributed by atoms with E-state index < -0.39 is 0 Å². The standard InChI is InChI=1S/C18H23N5O2/c1-21-7-6-17-16(11-21)23(8-9-25-17)18(24)15-5-3-2-4-14(15)10-22-13-19-12-20-22/h2-5,12-13,16-17H,6-11H2,1H3/t16-,17+/m1/s1. The number of carbonyl (C=O) groups is 1. The SMILES string of the molecule is CN1CC[C@@H]2OCCN(C(=O)c3ccccc3Cn3cncn3)[C@@H]2C1. The zero-order chi connectivity index (χ0) is 17.2. The van der Waals surface area contributed by atoms with E-state index in [1.807, 2.05) is 29.2 Å². The Morgan fingerprint density at radius 2 is 2.20 bits per heavy atom. The third-order valence-electron chi connectivity index (χ3n) is 5.10. The number of morpholine rings is 1. The van der Waals surface area contributed by atoms with Gasteiger partial charge in [-0.15, -0.1) is 0 Å². The van der Waals surface area contributed by atoms with Gasteiger partial charge in [-0.3, -0.25) is 4.79 Å². The van der Waals surface area contributed by atoms with E-state index in [4.69, 9.17) is 4.74 Å². The molecular formula is C18H23N5O2. The summed E-state index contributed by atoms with van der Waals surface area (Å²) in [4.78, 5) is 21.6. The Bertz CT molecular complexity index is 733. The number of amides is 1. The number of carbonyl (C=O) groups excluding carboxylic acids is 1. The van der Waals surface area contributed by atoms with E-state index in [2.05, 4.69) is 22.0 Å². The summed E-state index contributed by atoms with van der Waals surface area (Å²) in [6, 6.07) is 7.90. The van der Waals surface area contributed by atoms with Crippen LogP contribution in [-0.2, 0) is 11.3 Å². The molecule has 132 valence electrons. The quantitative estimate of drug-likeness (QED) is 0.829. The second-order valence-corrected chi connectivity index (χ2v) is 6.78. The van der Waals surface area contributed by atoms with Gasteiger partial charge >= 0.3 is 0 Å². The number of likely N-dealkylation sites (N-methyl/N-ethyl adjacent to an activating group) is 1. The zero-order valence-corrected chi connectivity index (χ0v) is 14.4. The molecule has 0 N–H and O–H groups in total. The van der Waals surface area contributed by atoms with Crippen LogP contribution in [-0.4, -0.2) is 75.9 Å². The molecule has 2 atom stereocenters. The Balaban J connectivity index is 1.59. The number of ether oxygens (including phenoxy) is 1. The molecule has 0 spiro atoms. The van der Waals surface area contributed by atoms with Crippen molar-refractivity contribution in [2.24, 2.45) is 0 Å². The molecular weight excluding hydrogens is 318 g/mol. The molecule has 0 bridgehead atoms. The van der Waals surface area contributed by atoms with Crippen molar-refractivity contribution in [1.82, 2.24) is 24.6 Å². The maximum Gasteiger partial charge on any atom is 0.254 e. The number of hydrogen-bond donors (Lipinski definition) is 0. The molecule has 2 saturated heterocycles. The average molecular weight is 341 g/mol. The third-order valence-corrected chi connectivity index (χ3v) is 5.10. The summed E-state index contributed by atoms with van der Waals surface area (Å²) in [5.74, 6) is 0.0873. The fourth-order valence-electron chi connectivity index (χ4n) is 3.79. The first kappa shape index (κ1) is 16.2. The van der Waals surface area contributed by atoms with Crippen molar-refractivity contribution < 1.29 is 9.53 Å². The maximum atomic E-state index is 13.3. The predicted octanol–water partition coefficient (Wildman–Crippen LogP) is 0.871. The summed E-state index contributed by atoms with van der Waals surface area (Å²) in [6.45, 7) is 3.68. The summed E-state index contributed by atoms with van der Waals surface area (Å²) in [6.07, 6.45) is 4.30. The number of rotatable bonds is 3. The Morgan fingerprint density at radius 1 is 1.32 bits per heavy atom. The van der Waals surface area contributed by atoms with E-state index in [-0.39, 0.29) is 18.1 Å². The molecule has 0 unspecified atom stereocenters. The van der Waals surface area contributed by atoms with E-state index in [1.165, 1.54) is 6.33 Å². The minimum Gasteiger partial charge on any atom is -0.374 e. The van der Waals surface area contributed by atoms with Crippen molar-refractivity contribution in [2.45, 2.75) is 25.1 Å². The van der Waals surface area contributed by atoms with Gasteiger partial charge < -0.3 is 14.5 Å². The van der Waals surface area contributed by atoms with Crippen LogP contribution in [0.5, 0.6) is 0 Å². The van der Waals surface area contributed by atoms with E-state index in [9.17, 15) is 4.79 Å². The molecule has 0 aliphatic carbocycles. The zero-order valence-electron chi connectivity index (χ0n) is 14.4. The van der Waals surface area contributed by atoms with Gasteiger partial charge in [0.2, 0.25) is 0 Å². The van der Waals surface area contributed by atoms with Crippen LogP contribution in [0.25, 0.3) is 0 Å². The summed E-state index contributed by atoms with van der Waals surface area (Å²) >= 11 is 0. The molecule has 4 rings (SSSR count). The van der Waals surface area contributed by atoms with Crippen LogP contribution in [0.15, 0.2) is 36.9 Å². The maximum absolute atomic E-state index is 13.3. The Morgan fingerprint density at radius 3 is 3.04 bits per heavy atom. The van der Waals surface area contributed by atoms with Gasteiger partial charge in [0.15, 0.2) is 0 Å². The van der Waals surface area contributed by atoms with Gasteiger partial charge in [-0.25, -0.2) is 9.67 Å². The molecule has 2 fully saturated rings. The van der Waals surface area contributed by atoms with Gasteiger partial charge in [0.25, 0.3) is 5.91 Å².